The molecule has 0 saturated carbocycles. The van der Waals surface area contributed by atoms with E-state index >= 15 is 0 Å². The predicted molar refractivity (Wildman–Crippen MR) is 103 cm³/mol. The normalized spacial score (nSPS) is 10.6. The molecule has 2 aromatic carbocycles. The molecule has 0 unspecified atom stereocenters. The van der Waals surface area contributed by atoms with E-state index in [2.05, 4.69) is 10.6 Å². The molecule has 1 heterocycles. The summed E-state index contributed by atoms with van der Waals surface area (Å²) < 4.78 is 16.1. The third kappa shape index (κ3) is 4.40. The van der Waals surface area contributed by atoms with Crippen LogP contribution in [0.3, 0.4) is 0 Å². The zero-order chi connectivity index (χ0) is 20.1. The fourth-order valence-electron chi connectivity index (χ4n) is 2.76. The molecule has 0 bridgehead atoms. The minimum Gasteiger partial charge on any atom is -0.495 e. The number of hydrogen-bond donors (Lipinski definition) is 2. The number of nitrogens with one attached hydrogen (secondary N) is 2. The number of carbonyl (C=O) groups excluding carboxylic acids is 3. The van der Waals surface area contributed by atoms with Crippen LogP contribution in [0.25, 0.3) is 21.9 Å². The van der Waals surface area contributed by atoms with Gasteiger partial charge in [0.1, 0.15) is 16.9 Å². The van der Waals surface area contributed by atoms with Gasteiger partial charge < -0.3 is 24.5 Å². The number of fused-ring (bicyclic) bond motifs is 3. The molecule has 28 heavy (non-hydrogen) atoms. The molecule has 8 heteroatoms. The van der Waals surface area contributed by atoms with E-state index in [-0.39, 0.29) is 18.9 Å². The molecule has 0 aliphatic rings. The minimum atomic E-state index is -0.580. The number of benzene rings is 2. The molecule has 0 atom stereocenters. The Kier molecular flexibility index (Phi) is 5.78. The SMILES string of the molecule is COc1cc2c(cc1NC(=O)COC(=O)CCNC(C)=O)oc1ccccc12. The summed E-state index contributed by atoms with van der Waals surface area (Å²) in [5.74, 6) is -0.867. The Bertz CT molecular complexity index is 1040. The lowest BCUT2D eigenvalue weighted by Crippen LogP contribution is -2.26. The van der Waals surface area contributed by atoms with Crippen LogP contribution in [0.2, 0.25) is 0 Å². The monoisotopic (exact) mass is 384 g/mol. The molecular formula is C20H20N2O6. The summed E-state index contributed by atoms with van der Waals surface area (Å²) in [6.07, 6.45) is -0.0128. The number of amides is 2. The van der Waals surface area contributed by atoms with Crippen LogP contribution in [0.15, 0.2) is 40.8 Å². The van der Waals surface area contributed by atoms with Crippen LogP contribution in [0.1, 0.15) is 13.3 Å². The van der Waals surface area contributed by atoms with Gasteiger partial charge in [0, 0.05) is 30.3 Å². The molecule has 146 valence electrons. The second kappa shape index (κ2) is 8.43. The number of rotatable bonds is 7. The van der Waals surface area contributed by atoms with E-state index in [0.717, 1.165) is 16.4 Å². The van der Waals surface area contributed by atoms with E-state index in [1.165, 1.54) is 14.0 Å². The molecule has 3 aromatic rings. The molecule has 0 radical (unpaired) electrons. The Morgan fingerprint density at radius 2 is 1.86 bits per heavy atom. The Balaban J connectivity index is 1.67. The predicted octanol–water partition coefficient (Wildman–Crippen LogP) is 2.60. The van der Waals surface area contributed by atoms with Gasteiger partial charge in [0.15, 0.2) is 6.61 Å². The second-order valence-electron chi connectivity index (χ2n) is 6.09. The summed E-state index contributed by atoms with van der Waals surface area (Å²) in [5, 5.41) is 6.95. The van der Waals surface area contributed by atoms with Crippen molar-refractivity contribution in [2.24, 2.45) is 0 Å². The van der Waals surface area contributed by atoms with Crippen LogP contribution in [0.4, 0.5) is 5.69 Å². The molecule has 3 rings (SSSR count). The molecule has 2 amide bonds. The van der Waals surface area contributed by atoms with E-state index in [1.54, 1.807) is 12.1 Å². The van der Waals surface area contributed by atoms with Crippen molar-refractivity contribution in [3.05, 3.63) is 36.4 Å². The van der Waals surface area contributed by atoms with Crippen molar-refractivity contribution in [3.63, 3.8) is 0 Å². The van der Waals surface area contributed by atoms with Gasteiger partial charge in [0.25, 0.3) is 5.91 Å². The van der Waals surface area contributed by atoms with Crippen LogP contribution < -0.4 is 15.4 Å². The molecular weight excluding hydrogens is 364 g/mol. The zero-order valence-electron chi connectivity index (χ0n) is 15.5. The number of furan rings is 1. The smallest absolute Gasteiger partial charge is 0.308 e. The van der Waals surface area contributed by atoms with Crippen LogP contribution >= 0.6 is 0 Å². The van der Waals surface area contributed by atoms with Crippen molar-refractivity contribution in [2.45, 2.75) is 13.3 Å². The van der Waals surface area contributed by atoms with E-state index in [9.17, 15) is 14.4 Å². The first-order valence-electron chi connectivity index (χ1n) is 8.67. The Hall–Kier alpha value is -3.55. The second-order valence-corrected chi connectivity index (χ2v) is 6.09. The van der Waals surface area contributed by atoms with E-state index in [0.29, 0.717) is 17.0 Å². The van der Waals surface area contributed by atoms with E-state index in [1.807, 2.05) is 24.3 Å². The van der Waals surface area contributed by atoms with Crippen LogP contribution in [0.5, 0.6) is 5.75 Å². The average molecular weight is 384 g/mol. The van der Waals surface area contributed by atoms with Crippen LogP contribution in [-0.2, 0) is 19.1 Å². The van der Waals surface area contributed by atoms with Gasteiger partial charge in [-0.25, -0.2) is 0 Å². The van der Waals surface area contributed by atoms with Gasteiger partial charge in [-0.05, 0) is 12.1 Å². The number of para-hydroxylation sites is 1. The van der Waals surface area contributed by atoms with Gasteiger partial charge in [0.2, 0.25) is 5.91 Å². The van der Waals surface area contributed by atoms with Gasteiger partial charge in [-0.2, -0.15) is 0 Å². The summed E-state index contributed by atoms with van der Waals surface area (Å²) in [6, 6.07) is 11.1. The number of carbonyl (C=O) groups is 3. The van der Waals surface area contributed by atoms with Gasteiger partial charge >= 0.3 is 5.97 Å². The Labute approximate surface area is 160 Å². The standard InChI is InChI=1S/C20H20N2O6/c1-12(23)21-8-7-20(25)27-11-19(24)22-15-10-17-14(9-18(15)26-2)13-5-3-4-6-16(13)28-17/h3-6,9-10H,7-8,11H2,1-2H3,(H,21,23)(H,22,24). The molecule has 0 aliphatic heterocycles. The Morgan fingerprint density at radius 3 is 2.61 bits per heavy atom. The lowest BCUT2D eigenvalue weighted by molar-refractivity contribution is -0.147. The first-order valence-corrected chi connectivity index (χ1v) is 8.67. The number of ether oxygens (including phenoxy) is 2. The highest BCUT2D eigenvalue weighted by Gasteiger charge is 2.15. The molecule has 0 fully saturated rings. The van der Waals surface area contributed by atoms with Crippen molar-refractivity contribution >= 4 is 45.4 Å². The maximum absolute atomic E-state index is 12.1. The summed E-state index contributed by atoms with van der Waals surface area (Å²) in [7, 11) is 1.50. The summed E-state index contributed by atoms with van der Waals surface area (Å²) in [4.78, 5) is 34.5. The summed E-state index contributed by atoms with van der Waals surface area (Å²) in [6.45, 7) is 1.07. The zero-order valence-corrected chi connectivity index (χ0v) is 15.5. The molecule has 2 N–H and O–H groups in total. The minimum absolute atomic E-state index is 0.0128. The fraction of sp³-hybridized carbons (Fsp3) is 0.250. The first-order chi connectivity index (χ1) is 13.5. The largest absolute Gasteiger partial charge is 0.495 e. The topological polar surface area (TPSA) is 107 Å². The number of esters is 1. The molecule has 0 spiro atoms. The van der Waals surface area contributed by atoms with Gasteiger partial charge in [-0.1, -0.05) is 18.2 Å². The number of anilines is 1. The van der Waals surface area contributed by atoms with Crippen molar-refractivity contribution < 1.29 is 28.3 Å². The van der Waals surface area contributed by atoms with Crippen LogP contribution in [-0.4, -0.2) is 38.0 Å². The van der Waals surface area contributed by atoms with Crippen LogP contribution in [0, 0.1) is 0 Å². The highest BCUT2D eigenvalue weighted by atomic mass is 16.5. The van der Waals surface area contributed by atoms with Gasteiger partial charge in [-0.15, -0.1) is 0 Å². The number of hydrogen-bond acceptors (Lipinski definition) is 6. The summed E-state index contributed by atoms with van der Waals surface area (Å²) >= 11 is 0. The maximum atomic E-state index is 12.1. The Morgan fingerprint density at radius 1 is 1.07 bits per heavy atom. The first kappa shape index (κ1) is 19.2. The summed E-state index contributed by atoms with van der Waals surface area (Å²) in [5.41, 5.74) is 1.74. The lowest BCUT2D eigenvalue weighted by atomic mass is 10.1. The van der Waals surface area contributed by atoms with Gasteiger partial charge in [0.05, 0.1) is 19.2 Å². The van der Waals surface area contributed by atoms with E-state index < -0.39 is 18.5 Å². The molecule has 1 aromatic heterocycles. The maximum Gasteiger partial charge on any atom is 0.308 e. The van der Waals surface area contributed by atoms with Crippen molar-refractivity contribution in [1.29, 1.82) is 0 Å². The highest BCUT2D eigenvalue weighted by molar-refractivity contribution is 6.07. The van der Waals surface area contributed by atoms with Crippen molar-refractivity contribution in [2.75, 3.05) is 25.6 Å². The third-order valence-corrected chi connectivity index (χ3v) is 4.04. The van der Waals surface area contributed by atoms with Crippen molar-refractivity contribution in [1.82, 2.24) is 5.32 Å². The third-order valence-electron chi connectivity index (χ3n) is 4.04. The lowest BCUT2D eigenvalue weighted by Gasteiger charge is -2.11. The van der Waals surface area contributed by atoms with Crippen molar-refractivity contribution in [3.8, 4) is 5.75 Å². The molecule has 0 saturated heterocycles. The fourth-order valence-corrected chi connectivity index (χ4v) is 2.76. The average Bonchev–Trinajstić information content (AvgIpc) is 3.02. The molecule has 0 aliphatic carbocycles. The van der Waals surface area contributed by atoms with Gasteiger partial charge in [-0.3, -0.25) is 14.4 Å². The van der Waals surface area contributed by atoms with E-state index in [4.69, 9.17) is 13.9 Å². The quantitative estimate of drug-likeness (QED) is 0.607. The number of methoxy groups -OCH3 is 1. The molecule has 8 nitrogen and oxygen atoms in total. The highest BCUT2D eigenvalue weighted by Crippen LogP contribution is 2.36.